The van der Waals surface area contributed by atoms with Crippen LogP contribution in [0.3, 0.4) is 0 Å². The van der Waals surface area contributed by atoms with Crippen LogP contribution in [0.2, 0.25) is 0 Å². The molecule has 1 unspecified atom stereocenters. The van der Waals surface area contributed by atoms with Gasteiger partial charge in [0.15, 0.2) is 5.69 Å². The van der Waals surface area contributed by atoms with E-state index >= 15 is 0 Å². The average Bonchev–Trinajstić information content (AvgIpc) is 2.64. The molecular formula is C8H11F3N4O. The number of nitrogens with two attached hydrogens (primary N) is 1. The van der Waals surface area contributed by atoms with Gasteiger partial charge in [-0.3, -0.25) is 14.9 Å². The van der Waals surface area contributed by atoms with E-state index in [-0.39, 0.29) is 6.54 Å². The molecule has 0 saturated heterocycles. The predicted octanol–water partition coefficient (Wildman–Crippen LogP) is 0.528. The van der Waals surface area contributed by atoms with Gasteiger partial charge in [-0.2, -0.15) is 18.3 Å². The molecule has 0 radical (unpaired) electrons. The summed E-state index contributed by atoms with van der Waals surface area (Å²) < 4.78 is 37.6. The molecular weight excluding hydrogens is 225 g/mol. The first kappa shape index (κ1) is 12.5. The Morgan fingerprint density at radius 3 is 2.75 bits per heavy atom. The van der Waals surface area contributed by atoms with Crippen molar-refractivity contribution in [2.75, 3.05) is 0 Å². The van der Waals surface area contributed by atoms with E-state index < -0.39 is 23.7 Å². The fourth-order valence-corrected chi connectivity index (χ4v) is 1.12. The lowest BCUT2D eigenvalue weighted by molar-refractivity contribution is -0.141. The summed E-state index contributed by atoms with van der Waals surface area (Å²) in [5.41, 5.74) is 0.941. The molecule has 0 saturated carbocycles. The average molecular weight is 236 g/mol. The Hall–Kier alpha value is -1.57. The quantitative estimate of drug-likeness (QED) is 0.456. The molecule has 0 fully saturated rings. The maximum absolute atomic E-state index is 12.2. The fourth-order valence-electron chi connectivity index (χ4n) is 1.12. The van der Waals surface area contributed by atoms with Gasteiger partial charge in [0.2, 0.25) is 5.91 Å². The molecule has 0 aliphatic rings. The Balaban J connectivity index is 2.69. The zero-order valence-corrected chi connectivity index (χ0v) is 8.45. The SMILES string of the molecule is CC(Cn1ccc(C(F)(F)F)n1)C(=O)NN. The molecule has 8 heteroatoms. The lowest BCUT2D eigenvalue weighted by atomic mass is 10.2. The third kappa shape index (κ3) is 2.96. The van der Waals surface area contributed by atoms with Crippen LogP contribution in [0.15, 0.2) is 12.3 Å². The number of alkyl halides is 3. The Morgan fingerprint density at radius 1 is 1.69 bits per heavy atom. The van der Waals surface area contributed by atoms with Crippen molar-refractivity contribution in [1.82, 2.24) is 15.2 Å². The lowest BCUT2D eigenvalue weighted by Crippen LogP contribution is -2.36. The second-order valence-electron chi connectivity index (χ2n) is 3.33. The molecule has 0 aliphatic carbocycles. The second kappa shape index (κ2) is 4.52. The standard InChI is InChI=1S/C8H11F3N4O/c1-5(7(16)13-12)4-15-3-2-6(14-15)8(9,10)11/h2-3,5H,4,12H2,1H3,(H,13,16). The first-order valence-electron chi connectivity index (χ1n) is 4.45. The highest BCUT2D eigenvalue weighted by atomic mass is 19.4. The van der Waals surface area contributed by atoms with Crippen LogP contribution < -0.4 is 11.3 Å². The normalized spacial score (nSPS) is 13.6. The number of rotatable bonds is 3. The van der Waals surface area contributed by atoms with Crippen LogP contribution in [0.5, 0.6) is 0 Å². The Labute approximate surface area is 89.4 Å². The van der Waals surface area contributed by atoms with E-state index in [4.69, 9.17) is 5.84 Å². The molecule has 1 amide bonds. The van der Waals surface area contributed by atoms with E-state index in [1.807, 2.05) is 5.43 Å². The molecule has 1 aromatic heterocycles. The summed E-state index contributed by atoms with van der Waals surface area (Å²) in [7, 11) is 0. The zero-order valence-electron chi connectivity index (χ0n) is 8.45. The molecule has 1 heterocycles. The summed E-state index contributed by atoms with van der Waals surface area (Å²) in [6.07, 6.45) is -3.30. The van der Waals surface area contributed by atoms with E-state index in [2.05, 4.69) is 5.10 Å². The summed E-state index contributed by atoms with van der Waals surface area (Å²) in [4.78, 5) is 11.0. The summed E-state index contributed by atoms with van der Waals surface area (Å²) in [6, 6.07) is 0.854. The van der Waals surface area contributed by atoms with Gasteiger partial charge in [0.25, 0.3) is 0 Å². The molecule has 90 valence electrons. The van der Waals surface area contributed by atoms with Crippen LogP contribution in [0, 0.1) is 5.92 Å². The topological polar surface area (TPSA) is 72.9 Å². The summed E-state index contributed by atoms with van der Waals surface area (Å²) in [6.45, 7) is 1.58. The van der Waals surface area contributed by atoms with E-state index in [1.54, 1.807) is 0 Å². The van der Waals surface area contributed by atoms with Gasteiger partial charge in [-0.15, -0.1) is 0 Å². The number of nitrogens with one attached hydrogen (secondary N) is 1. The summed E-state index contributed by atoms with van der Waals surface area (Å²) in [5.74, 6) is 3.89. The van der Waals surface area contributed by atoms with Crippen LogP contribution in [0.4, 0.5) is 13.2 Å². The monoisotopic (exact) mass is 236 g/mol. The predicted molar refractivity (Wildman–Crippen MR) is 48.7 cm³/mol. The van der Waals surface area contributed by atoms with Crippen molar-refractivity contribution in [2.24, 2.45) is 11.8 Å². The smallest absolute Gasteiger partial charge is 0.294 e. The molecule has 16 heavy (non-hydrogen) atoms. The first-order chi connectivity index (χ1) is 7.34. The van der Waals surface area contributed by atoms with Gasteiger partial charge >= 0.3 is 6.18 Å². The molecule has 0 aromatic carbocycles. The number of carbonyl (C=O) groups is 1. The third-order valence-electron chi connectivity index (χ3n) is 1.98. The van der Waals surface area contributed by atoms with Crippen molar-refractivity contribution in [2.45, 2.75) is 19.6 Å². The summed E-state index contributed by atoms with van der Waals surface area (Å²) in [5, 5.41) is 3.31. The maximum Gasteiger partial charge on any atom is 0.435 e. The Morgan fingerprint density at radius 2 is 2.31 bits per heavy atom. The highest BCUT2D eigenvalue weighted by molar-refractivity contribution is 5.77. The number of nitrogens with zero attached hydrogens (tertiary/aromatic N) is 2. The second-order valence-corrected chi connectivity index (χ2v) is 3.33. The largest absolute Gasteiger partial charge is 0.435 e. The number of hydrogen-bond acceptors (Lipinski definition) is 3. The minimum atomic E-state index is -4.47. The van der Waals surface area contributed by atoms with Gasteiger partial charge in [-0.1, -0.05) is 6.92 Å². The molecule has 1 rings (SSSR count). The number of aromatic nitrogens is 2. The van der Waals surface area contributed by atoms with Crippen molar-refractivity contribution in [3.05, 3.63) is 18.0 Å². The lowest BCUT2D eigenvalue weighted by Gasteiger charge is -2.09. The van der Waals surface area contributed by atoms with Gasteiger partial charge < -0.3 is 0 Å². The van der Waals surface area contributed by atoms with Crippen LogP contribution in [0.25, 0.3) is 0 Å². The number of halogens is 3. The van der Waals surface area contributed by atoms with Crippen LogP contribution in [-0.2, 0) is 17.5 Å². The van der Waals surface area contributed by atoms with Crippen LogP contribution >= 0.6 is 0 Å². The molecule has 5 nitrogen and oxygen atoms in total. The fraction of sp³-hybridized carbons (Fsp3) is 0.500. The van der Waals surface area contributed by atoms with Gasteiger partial charge in [-0.25, -0.2) is 5.84 Å². The van der Waals surface area contributed by atoms with Crippen molar-refractivity contribution in [3.63, 3.8) is 0 Å². The van der Waals surface area contributed by atoms with Gasteiger partial charge in [0.1, 0.15) is 0 Å². The number of amides is 1. The zero-order chi connectivity index (χ0) is 12.3. The van der Waals surface area contributed by atoms with Crippen molar-refractivity contribution in [3.8, 4) is 0 Å². The van der Waals surface area contributed by atoms with Crippen LogP contribution in [-0.4, -0.2) is 15.7 Å². The molecule has 1 aromatic rings. The van der Waals surface area contributed by atoms with E-state index in [0.717, 1.165) is 10.7 Å². The third-order valence-corrected chi connectivity index (χ3v) is 1.98. The Bertz CT molecular complexity index is 374. The minimum absolute atomic E-state index is 0.0408. The molecule has 0 bridgehead atoms. The Kier molecular flexibility index (Phi) is 3.53. The molecule has 1 atom stereocenters. The first-order valence-corrected chi connectivity index (χ1v) is 4.45. The highest BCUT2D eigenvalue weighted by Gasteiger charge is 2.33. The summed E-state index contributed by atoms with van der Waals surface area (Å²) >= 11 is 0. The van der Waals surface area contributed by atoms with E-state index in [9.17, 15) is 18.0 Å². The van der Waals surface area contributed by atoms with Gasteiger partial charge in [0.05, 0.1) is 12.5 Å². The van der Waals surface area contributed by atoms with Crippen LogP contribution in [0.1, 0.15) is 12.6 Å². The van der Waals surface area contributed by atoms with Crippen molar-refractivity contribution < 1.29 is 18.0 Å². The highest BCUT2D eigenvalue weighted by Crippen LogP contribution is 2.27. The molecule has 0 spiro atoms. The van der Waals surface area contributed by atoms with Gasteiger partial charge in [0, 0.05) is 6.20 Å². The molecule has 0 aliphatic heterocycles. The maximum atomic E-state index is 12.2. The van der Waals surface area contributed by atoms with E-state index in [0.29, 0.717) is 0 Å². The number of hydrazine groups is 1. The van der Waals surface area contributed by atoms with Crippen molar-refractivity contribution >= 4 is 5.91 Å². The molecule has 3 N–H and O–H groups in total. The number of hydrogen-bond donors (Lipinski definition) is 2. The van der Waals surface area contributed by atoms with Gasteiger partial charge in [-0.05, 0) is 6.07 Å². The van der Waals surface area contributed by atoms with Crippen molar-refractivity contribution in [1.29, 1.82) is 0 Å². The minimum Gasteiger partial charge on any atom is -0.294 e. The number of carbonyl (C=O) groups excluding carboxylic acids is 1. The van der Waals surface area contributed by atoms with E-state index in [1.165, 1.54) is 13.1 Å².